The first-order valence-electron chi connectivity index (χ1n) is 6.42. The van der Waals surface area contributed by atoms with Crippen molar-refractivity contribution in [1.82, 2.24) is 5.32 Å². The zero-order valence-electron chi connectivity index (χ0n) is 11.6. The lowest BCUT2D eigenvalue weighted by atomic mass is 10.0. The quantitative estimate of drug-likeness (QED) is 0.672. The van der Waals surface area contributed by atoms with Crippen LogP contribution in [0.1, 0.15) is 17.3 Å². The summed E-state index contributed by atoms with van der Waals surface area (Å²) in [6, 6.07) is 12.8. The summed E-state index contributed by atoms with van der Waals surface area (Å²) < 4.78 is 5.53. The van der Waals surface area contributed by atoms with Gasteiger partial charge in [0.1, 0.15) is 12.3 Å². The van der Waals surface area contributed by atoms with Crippen molar-refractivity contribution in [3.05, 3.63) is 42.0 Å². The number of Topliss-reactive ketones (excluding diaryl/α,β-unsaturated/α-hetero) is 1. The Morgan fingerprint density at radius 1 is 1.24 bits per heavy atom. The third kappa shape index (κ3) is 3.37. The highest BCUT2D eigenvalue weighted by molar-refractivity contribution is 6.03. The van der Waals surface area contributed by atoms with E-state index in [1.807, 2.05) is 36.4 Å². The smallest absolute Gasteiger partial charge is 0.258 e. The molecule has 0 spiro atoms. The number of rotatable bonds is 5. The first kappa shape index (κ1) is 14.5. The third-order valence-corrected chi connectivity index (χ3v) is 2.97. The standard InChI is InChI=1S/C16H14N2O3/c1-11(19)13-7-6-12-4-2-3-5-14(12)16(13)21-10-15(20)18-9-8-17/h2-7H,9-10H2,1H3,(H,18,20). The van der Waals surface area contributed by atoms with Gasteiger partial charge in [-0.3, -0.25) is 9.59 Å². The van der Waals surface area contributed by atoms with Gasteiger partial charge in [-0.15, -0.1) is 0 Å². The molecular formula is C16H14N2O3. The molecule has 0 aliphatic rings. The van der Waals surface area contributed by atoms with E-state index in [2.05, 4.69) is 5.32 Å². The molecule has 5 heteroatoms. The van der Waals surface area contributed by atoms with Crippen LogP contribution in [-0.2, 0) is 4.79 Å². The Morgan fingerprint density at radius 3 is 2.71 bits per heavy atom. The van der Waals surface area contributed by atoms with E-state index in [1.165, 1.54) is 6.92 Å². The third-order valence-electron chi connectivity index (χ3n) is 2.97. The van der Waals surface area contributed by atoms with Crippen LogP contribution in [0.5, 0.6) is 5.75 Å². The van der Waals surface area contributed by atoms with Crippen LogP contribution in [0.15, 0.2) is 36.4 Å². The topological polar surface area (TPSA) is 79.2 Å². The summed E-state index contributed by atoms with van der Waals surface area (Å²) in [6.07, 6.45) is 0. The number of carbonyl (C=O) groups excluding carboxylic acids is 2. The Bertz CT molecular complexity index is 732. The maximum atomic E-state index is 11.7. The van der Waals surface area contributed by atoms with Gasteiger partial charge in [-0.25, -0.2) is 0 Å². The van der Waals surface area contributed by atoms with Crippen molar-refractivity contribution in [1.29, 1.82) is 5.26 Å². The van der Waals surface area contributed by atoms with Gasteiger partial charge >= 0.3 is 0 Å². The molecule has 0 aliphatic heterocycles. The van der Waals surface area contributed by atoms with E-state index in [-0.39, 0.29) is 18.9 Å². The molecule has 0 fully saturated rings. The fraction of sp³-hybridized carbons (Fsp3) is 0.188. The van der Waals surface area contributed by atoms with Crippen molar-refractivity contribution >= 4 is 22.5 Å². The zero-order valence-corrected chi connectivity index (χ0v) is 11.6. The normalized spacial score (nSPS) is 9.90. The summed E-state index contributed by atoms with van der Waals surface area (Å²) in [6.45, 7) is 1.14. The summed E-state index contributed by atoms with van der Waals surface area (Å²) in [4.78, 5) is 23.2. The monoisotopic (exact) mass is 282 g/mol. The number of carbonyl (C=O) groups is 2. The second kappa shape index (κ2) is 6.53. The number of ketones is 1. The number of hydrogen-bond donors (Lipinski definition) is 1. The minimum atomic E-state index is -0.404. The van der Waals surface area contributed by atoms with Gasteiger partial charge in [0.2, 0.25) is 0 Å². The molecule has 0 radical (unpaired) electrons. The number of fused-ring (bicyclic) bond motifs is 1. The van der Waals surface area contributed by atoms with E-state index in [4.69, 9.17) is 10.00 Å². The molecule has 0 bridgehead atoms. The molecule has 21 heavy (non-hydrogen) atoms. The van der Waals surface area contributed by atoms with Crippen LogP contribution in [0.25, 0.3) is 10.8 Å². The lowest BCUT2D eigenvalue weighted by Crippen LogP contribution is -2.29. The van der Waals surface area contributed by atoms with Crippen molar-refractivity contribution < 1.29 is 14.3 Å². The molecule has 1 N–H and O–H groups in total. The molecule has 0 unspecified atom stereocenters. The molecule has 106 valence electrons. The molecule has 2 aromatic carbocycles. The Kier molecular flexibility index (Phi) is 4.52. The highest BCUT2D eigenvalue weighted by atomic mass is 16.5. The van der Waals surface area contributed by atoms with Crippen molar-refractivity contribution in [2.45, 2.75) is 6.92 Å². The predicted octanol–water partition coefficient (Wildman–Crippen LogP) is 2.06. The number of nitrogens with one attached hydrogen (secondary N) is 1. The van der Waals surface area contributed by atoms with Crippen LogP contribution in [0, 0.1) is 11.3 Å². The first-order chi connectivity index (χ1) is 10.1. The summed E-state index contributed by atoms with van der Waals surface area (Å²) in [5.74, 6) is -0.139. The van der Waals surface area contributed by atoms with Gasteiger partial charge < -0.3 is 10.1 Å². The second-order valence-electron chi connectivity index (χ2n) is 4.44. The Balaban J connectivity index is 2.32. The molecule has 0 aliphatic carbocycles. The number of nitriles is 1. The molecule has 0 saturated carbocycles. The van der Waals surface area contributed by atoms with E-state index < -0.39 is 5.91 Å². The van der Waals surface area contributed by atoms with Crippen LogP contribution in [0.4, 0.5) is 0 Å². The average molecular weight is 282 g/mol. The van der Waals surface area contributed by atoms with Gasteiger partial charge in [-0.05, 0) is 18.4 Å². The van der Waals surface area contributed by atoms with Crippen LogP contribution >= 0.6 is 0 Å². The molecule has 2 aromatic rings. The fourth-order valence-corrected chi connectivity index (χ4v) is 2.00. The summed E-state index contributed by atoms with van der Waals surface area (Å²) >= 11 is 0. The maximum Gasteiger partial charge on any atom is 0.258 e. The first-order valence-corrected chi connectivity index (χ1v) is 6.42. The molecule has 2 rings (SSSR count). The predicted molar refractivity (Wildman–Crippen MR) is 78.1 cm³/mol. The number of amides is 1. The Labute approximate surface area is 122 Å². The van der Waals surface area contributed by atoms with Crippen LogP contribution in [0.3, 0.4) is 0 Å². The van der Waals surface area contributed by atoms with Crippen molar-refractivity contribution in [2.24, 2.45) is 0 Å². The molecular weight excluding hydrogens is 268 g/mol. The minimum absolute atomic E-state index is 0.0721. The van der Waals surface area contributed by atoms with Gasteiger partial charge in [0.05, 0.1) is 11.6 Å². The number of ether oxygens (including phenoxy) is 1. The van der Waals surface area contributed by atoms with Gasteiger partial charge in [0.25, 0.3) is 5.91 Å². The van der Waals surface area contributed by atoms with E-state index in [1.54, 1.807) is 6.07 Å². The fourth-order valence-electron chi connectivity index (χ4n) is 2.00. The second-order valence-corrected chi connectivity index (χ2v) is 4.44. The average Bonchev–Trinajstić information content (AvgIpc) is 2.50. The van der Waals surface area contributed by atoms with Gasteiger partial charge in [-0.1, -0.05) is 30.3 Å². The minimum Gasteiger partial charge on any atom is -0.482 e. The highest BCUT2D eigenvalue weighted by Crippen LogP contribution is 2.30. The SMILES string of the molecule is CC(=O)c1ccc2ccccc2c1OCC(=O)NCC#N. The van der Waals surface area contributed by atoms with Crippen LogP contribution < -0.4 is 10.1 Å². The highest BCUT2D eigenvalue weighted by Gasteiger charge is 2.13. The van der Waals surface area contributed by atoms with Crippen LogP contribution in [0.2, 0.25) is 0 Å². The lowest BCUT2D eigenvalue weighted by Gasteiger charge is -2.12. The largest absolute Gasteiger partial charge is 0.482 e. The van der Waals surface area contributed by atoms with Crippen molar-refractivity contribution in [2.75, 3.05) is 13.2 Å². The lowest BCUT2D eigenvalue weighted by molar-refractivity contribution is -0.122. The van der Waals surface area contributed by atoms with Gasteiger partial charge in [0, 0.05) is 5.39 Å². The van der Waals surface area contributed by atoms with Crippen LogP contribution in [-0.4, -0.2) is 24.8 Å². The van der Waals surface area contributed by atoms with Gasteiger partial charge in [-0.2, -0.15) is 5.26 Å². The summed E-state index contributed by atoms with van der Waals surface area (Å²) in [7, 11) is 0. The van der Waals surface area contributed by atoms with Crippen molar-refractivity contribution in [3.63, 3.8) is 0 Å². The summed E-state index contributed by atoms with van der Waals surface area (Å²) in [5, 5.41) is 12.5. The molecule has 5 nitrogen and oxygen atoms in total. The number of nitrogens with zero attached hydrogens (tertiary/aromatic N) is 1. The number of hydrogen-bond acceptors (Lipinski definition) is 4. The van der Waals surface area contributed by atoms with E-state index in [9.17, 15) is 9.59 Å². The zero-order chi connectivity index (χ0) is 15.2. The van der Waals surface area contributed by atoms with E-state index in [0.717, 1.165) is 10.8 Å². The Hall–Kier alpha value is -2.87. The van der Waals surface area contributed by atoms with Crippen molar-refractivity contribution in [3.8, 4) is 11.8 Å². The molecule has 0 aromatic heterocycles. The summed E-state index contributed by atoms with van der Waals surface area (Å²) in [5.41, 5.74) is 0.432. The molecule has 0 atom stereocenters. The van der Waals surface area contributed by atoms with E-state index >= 15 is 0 Å². The maximum absolute atomic E-state index is 11.7. The molecule has 0 heterocycles. The van der Waals surface area contributed by atoms with Gasteiger partial charge in [0.15, 0.2) is 12.4 Å². The Morgan fingerprint density at radius 2 is 2.00 bits per heavy atom. The van der Waals surface area contributed by atoms with E-state index in [0.29, 0.717) is 11.3 Å². The molecule has 1 amide bonds. The molecule has 0 saturated heterocycles. The number of benzene rings is 2.